The maximum absolute atomic E-state index is 12.4. The molecule has 0 saturated heterocycles. The first-order valence-corrected chi connectivity index (χ1v) is 6.73. The second-order valence-electron chi connectivity index (χ2n) is 4.40. The summed E-state index contributed by atoms with van der Waals surface area (Å²) in [6.07, 6.45) is -3.06. The van der Waals surface area contributed by atoms with Gasteiger partial charge >= 0.3 is 0 Å². The molecule has 0 spiro atoms. The molecule has 1 nitrogen and oxygen atoms in total. The van der Waals surface area contributed by atoms with Crippen LogP contribution < -0.4 is 0 Å². The fourth-order valence-electron chi connectivity index (χ4n) is 1.90. The molecule has 0 aliphatic heterocycles. The summed E-state index contributed by atoms with van der Waals surface area (Å²) in [5.74, 6) is 0. The minimum Gasteiger partial charge on any atom is -0.388 e. The number of aliphatic hydroxyl groups excluding tert-OH is 1. The Morgan fingerprint density at radius 3 is 2.15 bits per heavy atom. The largest absolute Gasteiger partial charge is 0.388 e. The molecular weight excluding hydrogens is 305 g/mol. The van der Waals surface area contributed by atoms with Gasteiger partial charge in [-0.25, -0.2) is 8.78 Å². The molecule has 20 heavy (non-hydrogen) atoms. The number of aliphatic hydroxyl groups is 1. The molecule has 2 aromatic carbocycles. The highest BCUT2D eigenvalue weighted by molar-refractivity contribution is 6.42. The highest BCUT2D eigenvalue weighted by Gasteiger charge is 2.13. The van der Waals surface area contributed by atoms with Crippen molar-refractivity contribution in [2.75, 3.05) is 0 Å². The number of alkyl halides is 2. The van der Waals surface area contributed by atoms with Gasteiger partial charge in [-0.3, -0.25) is 0 Å². The molecule has 0 bridgehead atoms. The van der Waals surface area contributed by atoms with E-state index in [-0.39, 0.29) is 12.0 Å². The summed E-state index contributed by atoms with van der Waals surface area (Å²) in [5, 5.41) is 11.0. The highest BCUT2D eigenvalue weighted by atomic mass is 35.5. The van der Waals surface area contributed by atoms with Crippen LogP contribution in [0.5, 0.6) is 0 Å². The normalized spacial score (nSPS) is 12.7. The van der Waals surface area contributed by atoms with Crippen molar-refractivity contribution < 1.29 is 13.9 Å². The molecule has 0 amide bonds. The first kappa shape index (κ1) is 15.2. The Morgan fingerprint density at radius 2 is 1.55 bits per heavy atom. The van der Waals surface area contributed by atoms with Crippen LogP contribution in [0.2, 0.25) is 10.0 Å². The molecule has 1 unspecified atom stereocenters. The van der Waals surface area contributed by atoms with Crippen LogP contribution >= 0.6 is 23.2 Å². The Bertz CT molecular complexity index is 585. The average molecular weight is 317 g/mol. The van der Waals surface area contributed by atoms with Gasteiger partial charge in [0.25, 0.3) is 6.43 Å². The molecule has 1 atom stereocenters. The third-order valence-electron chi connectivity index (χ3n) is 3.02. The van der Waals surface area contributed by atoms with Crippen molar-refractivity contribution in [1.82, 2.24) is 0 Å². The predicted molar refractivity (Wildman–Crippen MR) is 76.5 cm³/mol. The molecule has 2 aromatic rings. The minimum atomic E-state index is -2.51. The van der Waals surface area contributed by atoms with E-state index in [9.17, 15) is 13.9 Å². The predicted octanol–water partition coefficient (Wildman–Crippen LogP) is 5.21. The topological polar surface area (TPSA) is 20.2 Å². The van der Waals surface area contributed by atoms with E-state index in [2.05, 4.69) is 0 Å². The van der Waals surface area contributed by atoms with Crippen LogP contribution in [0.25, 0.3) is 0 Å². The van der Waals surface area contributed by atoms with Gasteiger partial charge in [0.1, 0.15) is 0 Å². The average Bonchev–Trinajstić information content (AvgIpc) is 2.44. The Morgan fingerprint density at radius 1 is 0.950 bits per heavy atom. The monoisotopic (exact) mass is 316 g/mol. The van der Waals surface area contributed by atoms with Crippen LogP contribution in [-0.4, -0.2) is 5.11 Å². The van der Waals surface area contributed by atoms with Crippen molar-refractivity contribution in [2.45, 2.75) is 19.0 Å². The maximum Gasteiger partial charge on any atom is 0.263 e. The molecule has 0 aliphatic rings. The zero-order chi connectivity index (χ0) is 14.7. The highest BCUT2D eigenvalue weighted by Crippen LogP contribution is 2.29. The van der Waals surface area contributed by atoms with Gasteiger partial charge in [-0.2, -0.15) is 0 Å². The second-order valence-corrected chi connectivity index (χ2v) is 5.19. The van der Waals surface area contributed by atoms with E-state index in [1.807, 2.05) is 0 Å². The van der Waals surface area contributed by atoms with Gasteiger partial charge in [0.15, 0.2) is 0 Å². The third kappa shape index (κ3) is 3.48. The molecule has 5 heteroatoms. The van der Waals surface area contributed by atoms with Crippen molar-refractivity contribution in [3.63, 3.8) is 0 Å². The fourth-order valence-corrected chi connectivity index (χ4v) is 2.29. The number of halogens is 4. The number of hydrogen-bond donors (Lipinski definition) is 1. The molecule has 1 N–H and O–H groups in total. The van der Waals surface area contributed by atoms with Crippen LogP contribution in [0, 0.1) is 0 Å². The van der Waals surface area contributed by atoms with Gasteiger partial charge in [-0.05, 0) is 17.2 Å². The van der Waals surface area contributed by atoms with E-state index < -0.39 is 12.5 Å². The van der Waals surface area contributed by atoms with Crippen molar-refractivity contribution in [3.8, 4) is 0 Å². The first-order valence-electron chi connectivity index (χ1n) is 5.98. The quantitative estimate of drug-likeness (QED) is 0.821. The summed E-state index contributed by atoms with van der Waals surface area (Å²) < 4.78 is 24.9. The summed E-state index contributed by atoms with van der Waals surface area (Å²) in [6.45, 7) is 0. The number of rotatable bonds is 4. The number of hydrogen-bond acceptors (Lipinski definition) is 1. The van der Waals surface area contributed by atoms with E-state index in [4.69, 9.17) is 23.2 Å². The van der Waals surface area contributed by atoms with E-state index in [1.54, 1.807) is 18.2 Å². The third-order valence-corrected chi connectivity index (χ3v) is 3.88. The van der Waals surface area contributed by atoms with Crippen LogP contribution in [0.15, 0.2) is 42.5 Å². The summed E-state index contributed by atoms with van der Waals surface area (Å²) in [4.78, 5) is 0. The minimum absolute atomic E-state index is 0.0678. The molecule has 0 heterocycles. The van der Waals surface area contributed by atoms with Crippen LogP contribution in [0.1, 0.15) is 29.2 Å². The van der Waals surface area contributed by atoms with E-state index in [0.29, 0.717) is 21.2 Å². The molecule has 2 rings (SSSR count). The zero-order valence-electron chi connectivity index (χ0n) is 10.4. The molecule has 106 valence electrons. The zero-order valence-corrected chi connectivity index (χ0v) is 11.9. The molecule has 0 aromatic heterocycles. The molecule has 0 radical (unpaired) electrons. The lowest BCUT2D eigenvalue weighted by Gasteiger charge is -2.13. The van der Waals surface area contributed by atoms with E-state index >= 15 is 0 Å². The maximum atomic E-state index is 12.4. The van der Waals surface area contributed by atoms with Gasteiger partial charge in [0, 0.05) is 12.0 Å². The van der Waals surface area contributed by atoms with Gasteiger partial charge in [-0.15, -0.1) is 0 Å². The molecule has 0 aliphatic carbocycles. The van der Waals surface area contributed by atoms with Gasteiger partial charge in [0.2, 0.25) is 0 Å². The summed E-state index contributed by atoms with van der Waals surface area (Å²) in [6, 6.07) is 10.8. The Kier molecular flexibility index (Phi) is 4.97. The fraction of sp³-hybridized carbons (Fsp3) is 0.200. The second kappa shape index (κ2) is 6.53. The summed E-state index contributed by atoms with van der Waals surface area (Å²) in [5.41, 5.74) is 1.21. The van der Waals surface area contributed by atoms with Crippen LogP contribution in [-0.2, 0) is 6.42 Å². The molecule has 0 fully saturated rings. The van der Waals surface area contributed by atoms with Crippen molar-refractivity contribution in [3.05, 3.63) is 69.2 Å². The lowest BCUT2D eigenvalue weighted by molar-refractivity contribution is 0.151. The SMILES string of the molecule is OC(Cc1cccc(Cl)c1Cl)c1ccc(C(F)F)cc1. The lowest BCUT2D eigenvalue weighted by Crippen LogP contribution is -2.02. The Labute approximate surface area is 125 Å². The standard InChI is InChI=1S/C15H12Cl2F2O/c16-12-3-1-2-11(14(12)17)8-13(20)9-4-6-10(7-5-9)15(18)19/h1-7,13,15,20H,8H2. The van der Waals surface area contributed by atoms with Crippen LogP contribution in [0.4, 0.5) is 8.78 Å². The van der Waals surface area contributed by atoms with E-state index in [1.165, 1.54) is 24.3 Å². The Hall–Kier alpha value is -1.16. The first-order chi connectivity index (χ1) is 9.49. The van der Waals surface area contributed by atoms with Gasteiger partial charge < -0.3 is 5.11 Å². The van der Waals surface area contributed by atoms with Gasteiger partial charge in [-0.1, -0.05) is 59.6 Å². The lowest BCUT2D eigenvalue weighted by atomic mass is 10.0. The van der Waals surface area contributed by atoms with Crippen molar-refractivity contribution >= 4 is 23.2 Å². The van der Waals surface area contributed by atoms with Crippen molar-refractivity contribution in [2.24, 2.45) is 0 Å². The van der Waals surface area contributed by atoms with E-state index in [0.717, 1.165) is 0 Å². The Balaban J connectivity index is 2.15. The van der Waals surface area contributed by atoms with Gasteiger partial charge in [0.05, 0.1) is 16.1 Å². The summed E-state index contributed by atoms with van der Waals surface area (Å²) >= 11 is 12.0. The summed E-state index contributed by atoms with van der Waals surface area (Å²) in [7, 11) is 0. The van der Waals surface area contributed by atoms with Crippen LogP contribution in [0.3, 0.4) is 0 Å². The smallest absolute Gasteiger partial charge is 0.263 e. The molecule has 0 saturated carbocycles. The van der Waals surface area contributed by atoms with Crippen molar-refractivity contribution in [1.29, 1.82) is 0 Å². The number of benzene rings is 2. The molecular formula is C15H12Cl2F2O.